The van der Waals surface area contributed by atoms with Crippen LogP contribution in [-0.4, -0.2) is 18.9 Å². The van der Waals surface area contributed by atoms with E-state index in [0.717, 1.165) is 42.3 Å². The second kappa shape index (κ2) is 10.6. The van der Waals surface area contributed by atoms with Gasteiger partial charge in [0.15, 0.2) is 5.78 Å². The molecule has 0 bridgehead atoms. The van der Waals surface area contributed by atoms with Crippen molar-refractivity contribution in [3.05, 3.63) is 120 Å². The molecule has 0 atom stereocenters. The maximum absolute atomic E-state index is 13.1. The van der Waals surface area contributed by atoms with Gasteiger partial charge in [0.2, 0.25) is 0 Å². The third-order valence-electron chi connectivity index (χ3n) is 5.78. The Morgan fingerprint density at radius 1 is 0.545 bits per heavy atom. The molecule has 0 aliphatic rings. The van der Waals surface area contributed by atoms with Crippen molar-refractivity contribution in [2.24, 2.45) is 0 Å². The second-order valence-electron chi connectivity index (χ2n) is 7.99. The number of anilines is 4. The SMILES string of the molecule is CCCN(c1ccccc1)c1ccc(C(=O)c2ccc(N(CC)c3ccccc3)cc2)cc1. The highest BCUT2D eigenvalue weighted by molar-refractivity contribution is 6.09. The topological polar surface area (TPSA) is 23.6 Å². The Bertz CT molecular complexity index is 1150. The number of carbonyl (C=O) groups is 1. The molecule has 3 nitrogen and oxygen atoms in total. The summed E-state index contributed by atoms with van der Waals surface area (Å²) >= 11 is 0. The van der Waals surface area contributed by atoms with E-state index in [4.69, 9.17) is 0 Å². The van der Waals surface area contributed by atoms with Gasteiger partial charge in [-0.15, -0.1) is 0 Å². The van der Waals surface area contributed by atoms with E-state index in [9.17, 15) is 4.79 Å². The number of ketones is 1. The normalized spacial score (nSPS) is 10.6. The molecular weight excluding hydrogens is 404 g/mol. The molecule has 0 radical (unpaired) electrons. The lowest BCUT2D eigenvalue weighted by molar-refractivity contribution is 0.103. The van der Waals surface area contributed by atoms with Gasteiger partial charge in [-0.1, -0.05) is 43.3 Å². The van der Waals surface area contributed by atoms with Gasteiger partial charge in [-0.25, -0.2) is 0 Å². The van der Waals surface area contributed by atoms with Crippen LogP contribution in [0.5, 0.6) is 0 Å². The summed E-state index contributed by atoms with van der Waals surface area (Å²) in [5, 5.41) is 0. The number of para-hydroxylation sites is 2. The molecule has 33 heavy (non-hydrogen) atoms. The van der Waals surface area contributed by atoms with Gasteiger partial charge in [-0.2, -0.15) is 0 Å². The van der Waals surface area contributed by atoms with Gasteiger partial charge >= 0.3 is 0 Å². The molecule has 3 heteroatoms. The van der Waals surface area contributed by atoms with Crippen molar-refractivity contribution in [1.82, 2.24) is 0 Å². The number of carbonyl (C=O) groups excluding carboxylic acids is 1. The van der Waals surface area contributed by atoms with Gasteiger partial charge < -0.3 is 9.80 Å². The van der Waals surface area contributed by atoms with Gasteiger partial charge in [0.05, 0.1) is 0 Å². The van der Waals surface area contributed by atoms with Crippen LogP contribution in [0.15, 0.2) is 109 Å². The van der Waals surface area contributed by atoms with Crippen molar-refractivity contribution in [1.29, 1.82) is 0 Å². The van der Waals surface area contributed by atoms with Crippen LogP contribution in [-0.2, 0) is 0 Å². The van der Waals surface area contributed by atoms with Gasteiger partial charge in [0.1, 0.15) is 0 Å². The predicted octanol–water partition coefficient (Wildman–Crippen LogP) is 7.62. The Labute approximate surface area is 196 Å². The van der Waals surface area contributed by atoms with Crippen LogP contribution < -0.4 is 9.80 Å². The van der Waals surface area contributed by atoms with Crippen molar-refractivity contribution in [3.63, 3.8) is 0 Å². The second-order valence-corrected chi connectivity index (χ2v) is 7.99. The third-order valence-corrected chi connectivity index (χ3v) is 5.78. The fourth-order valence-electron chi connectivity index (χ4n) is 4.11. The zero-order chi connectivity index (χ0) is 23.0. The zero-order valence-corrected chi connectivity index (χ0v) is 19.3. The minimum Gasteiger partial charge on any atom is -0.342 e. The molecule has 0 aromatic heterocycles. The first-order valence-electron chi connectivity index (χ1n) is 11.6. The Kier molecular flexibility index (Phi) is 7.21. The van der Waals surface area contributed by atoms with Gasteiger partial charge in [0, 0.05) is 47.0 Å². The van der Waals surface area contributed by atoms with Crippen LogP contribution in [0.25, 0.3) is 0 Å². The first-order valence-corrected chi connectivity index (χ1v) is 11.6. The first kappa shape index (κ1) is 22.3. The monoisotopic (exact) mass is 434 g/mol. The maximum Gasteiger partial charge on any atom is 0.193 e. The number of benzene rings is 4. The van der Waals surface area contributed by atoms with E-state index in [1.54, 1.807) is 0 Å². The predicted molar refractivity (Wildman–Crippen MR) is 139 cm³/mol. The molecule has 0 unspecified atom stereocenters. The van der Waals surface area contributed by atoms with Gasteiger partial charge in [0.25, 0.3) is 0 Å². The van der Waals surface area contributed by atoms with Crippen molar-refractivity contribution in [3.8, 4) is 0 Å². The Morgan fingerprint density at radius 2 is 0.939 bits per heavy atom. The fraction of sp³-hybridized carbons (Fsp3) is 0.167. The lowest BCUT2D eigenvalue weighted by atomic mass is 10.0. The Balaban J connectivity index is 1.52. The lowest BCUT2D eigenvalue weighted by Gasteiger charge is -2.24. The van der Waals surface area contributed by atoms with Crippen molar-refractivity contribution < 1.29 is 4.79 Å². The van der Waals surface area contributed by atoms with Crippen molar-refractivity contribution in [2.75, 3.05) is 22.9 Å². The Hall–Kier alpha value is -3.85. The van der Waals surface area contributed by atoms with Crippen molar-refractivity contribution in [2.45, 2.75) is 20.3 Å². The van der Waals surface area contributed by atoms with Gasteiger partial charge in [-0.3, -0.25) is 4.79 Å². The minimum atomic E-state index is 0.0395. The highest BCUT2D eigenvalue weighted by Gasteiger charge is 2.13. The summed E-state index contributed by atoms with van der Waals surface area (Å²) in [6, 6.07) is 36.5. The number of hydrogen-bond acceptors (Lipinski definition) is 3. The van der Waals surface area contributed by atoms with E-state index in [-0.39, 0.29) is 5.78 Å². The summed E-state index contributed by atoms with van der Waals surface area (Å²) in [6.07, 6.45) is 1.04. The van der Waals surface area contributed by atoms with Crippen molar-refractivity contribution >= 4 is 28.5 Å². The van der Waals surface area contributed by atoms with E-state index >= 15 is 0 Å². The smallest absolute Gasteiger partial charge is 0.193 e. The average Bonchev–Trinajstić information content (AvgIpc) is 2.89. The first-order chi connectivity index (χ1) is 16.2. The Morgan fingerprint density at radius 3 is 1.36 bits per heavy atom. The summed E-state index contributed by atoms with van der Waals surface area (Å²) < 4.78 is 0. The zero-order valence-electron chi connectivity index (χ0n) is 19.3. The van der Waals surface area contributed by atoms with Crippen LogP contribution in [0.4, 0.5) is 22.7 Å². The molecule has 166 valence electrons. The molecule has 0 saturated carbocycles. The number of hydrogen-bond donors (Lipinski definition) is 0. The van der Waals surface area contributed by atoms with Gasteiger partial charge in [-0.05, 0) is 86.1 Å². The minimum absolute atomic E-state index is 0.0395. The third kappa shape index (κ3) is 5.15. The number of nitrogens with zero attached hydrogens (tertiary/aromatic N) is 2. The molecule has 0 N–H and O–H groups in total. The average molecular weight is 435 g/mol. The summed E-state index contributed by atoms with van der Waals surface area (Å²) in [5.41, 5.74) is 5.87. The molecule has 4 aromatic carbocycles. The molecule has 4 aromatic rings. The van der Waals surface area contributed by atoms with E-state index in [0.29, 0.717) is 11.1 Å². The highest BCUT2D eigenvalue weighted by atomic mass is 16.1. The van der Waals surface area contributed by atoms with Crippen LogP contribution >= 0.6 is 0 Å². The molecule has 0 saturated heterocycles. The summed E-state index contributed by atoms with van der Waals surface area (Å²) in [7, 11) is 0. The molecule has 4 rings (SSSR count). The maximum atomic E-state index is 13.1. The highest BCUT2D eigenvalue weighted by Crippen LogP contribution is 2.28. The largest absolute Gasteiger partial charge is 0.342 e. The van der Waals surface area contributed by atoms with Crippen LogP contribution in [0, 0.1) is 0 Å². The van der Waals surface area contributed by atoms with Crippen LogP contribution in [0.2, 0.25) is 0 Å². The quantitative estimate of drug-likeness (QED) is 0.253. The summed E-state index contributed by atoms with van der Waals surface area (Å²) in [5.74, 6) is 0.0395. The molecular formula is C30H30N2O. The number of rotatable bonds is 9. The molecule has 0 fully saturated rings. The van der Waals surface area contributed by atoms with E-state index in [1.165, 1.54) is 0 Å². The van der Waals surface area contributed by atoms with Crippen LogP contribution in [0.3, 0.4) is 0 Å². The fourth-order valence-corrected chi connectivity index (χ4v) is 4.11. The lowest BCUT2D eigenvalue weighted by Crippen LogP contribution is -2.17. The van der Waals surface area contributed by atoms with E-state index in [1.807, 2.05) is 72.8 Å². The summed E-state index contributed by atoms with van der Waals surface area (Å²) in [4.78, 5) is 17.6. The van der Waals surface area contributed by atoms with E-state index in [2.05, 4.69) is 60.0 Å². The molecule has 0 spiro atoms. The standard InChI is InChI=1S/C30H30N2O/c1-3-23-32(27-13-9-6-10-14-27)29-21-17-25(18-22-29)30(33)24-15-19-28(20-16-24)31(4-2)26-11-7-5-8-12-26/h5-22H,3-4,23H2,1-2H3. The van der Waals surface area contributed by atoms with Crippen LogP contribution in [0.1, 0.15) is 36.2 Å². The molecule has 0 amide bonds. The summed E-state index contributed by atoms with van der Waals surface area (Å²) in [6.45, 7) is 6.09. The molecule has 0 aliphatic carbocycles. The van der Waals surface area contributed by atoms with E-state index < -0.39 is 0 Å². The molecule has 0 aliphatic heterocycles. The molecule has 0 heterocycles.